The van der Waals surface area contributed by atoms with E-state index in [1.54, 1.807) is 12.1 Å². The average Bonchev–Trinajstić information content (AvgIpc) is 3.20. The Morgan fingerprint density at radius 3 is 2.50 bits per heavy atom. The Bertz CT molecular complexity index is 796. The van der Waals surface area contributed by atoms with Gasteiger partial charge in [0.15, 0.2) is 5.96 Å². The Morgan fingerprint density at radius 1 is 1.18 bits per heavy atom. The second-order valence-electron chi connectivity index (χ2n) is 7.60. The number of ether oxygens (including phenoxy) is 1. The fourth-order valence-electron chi connectivity index (χ4n) is 3.72. The fourth-order valence-corrected chi connectivity index (χ4v) is 5.02. The third-order valence-corrected chi connectivity index (χ3v) is 6.86. The van der Waals surface area contributed by atoms with Gasteiger partial charge >= 0.3 is 0 Å². The third kappa shape index (κ3) is 5.37. The molecule has 2 saturated heterocycles. The van der Waals surface area contributed by atoms with Gasteiger partial charge < -0.3 is 15.4 Å². The number of rotatable bonds is 7. The SMILES string of the molecule is CCNC(=NCc1ccc(S(=O)(=O)NC2CC2)cc1)NC1CC2CCC1O2.I. The topological polar surface area (TPSA) is 91.8 Å². The van der Waals surface area contributed by atoms with Gasteiger partial charge in [-0.15, -0.1) is 24.0 Å². The summed E-state index contributed by atoms with van der Waals surface area (Å²) in [6.07, 6.45) is 5.88. The fraction of sp³-hybridized carbons (Fsp3) is 0.632. The number of nitrogens with one attached hydrogen (secondary N) is 3. The summed E-state index contributed by atoms with van der Waals surface area (Å²) in [6.45, 7) is 3.33. The highest BCUT2D eigenvalue weighted by Gasteiger charge is 2.41. The number of sulfonamides is 1. The molecular formula is C19H29IN4O3S. The molecule has 3 unspecified atom stereocenters. The van der Waals surface area contributed by atoms with E-state index in [1.807, 2.05) is 19.1 Å². The Hall–Kier alpha value is -0.910. The average molecular weight is 520 g/mol. The number of fused-ring (bicyclic) bond motifs is 2. The van der Waals surface area contributed by atoms with E-state index in [9.17, 15) is 8.42 Å². The lowest BCUT2D eigenvalue weighted by Crippen LogP contribution is -2.47. The smallest absolute Gasteiger partial charge is 0.240 e. The minimum atomic E-state index is -3.40. The van der Waals surface area contributed by atoms with E-state index in [2.05, 4.69) is 20.3 Å². The van der Waals surface area contributed by atoms with Crippen LogP contribution >= 0.6 is 24.0 Å². The number of hydrogen-bond acceptors (Lipinski definition) is 4. The zero-order chi connectivity index (χ0) is 18.9. The van der Waals surface area contributed by atoms with Gasteiger partial charge in [-0.2, -0.15) is 0 Å². The molecule has 1 aromatic rings. The van der Waals surface area contributed by atoms with Crippen LogP contribution in [0, 0.1) is 0 Å². The quantitative estimate of drug-likeness (QED) is 0.291. The van der Waals surface area contributed by atoms with Crippen LogP contribution in [0.4, 0.5) is 0 Å². The Kier molecular flexibility index (Phi) is 7.21. The molecule has 1 aliphatic carbocycles. The maximum atomic E-state index is 12.2. The van der Waals surface area contributed by atoms with Crippen LogP contribution in [0.15, 0.2) is 34.2 Å². The van der Waals surface area contributed by atoms with Gasteiger partial charge in [0.05, 0.1) is 29.7 Å². The first-order valence-corrected chi connectivity index (χ1v) is 11.3. The van der Waals surface area contributed by atoms with Crippen molar-refractivity contribution in [3.05, 3.63) is 29.8 Å². The van der Waals surface area contributed by atoms with Gasteiger partial charge in [0.2, 0.25) is 10.0 Å². The molecule has 2 bridgehead atoms. The van der Waals surface area contributed by atoms with E-state index in [4.69, 9.17) is 4.74 Å². The Morgan fingerprint density at radius 2 is 1.93 bits per heavy atom. The van der Waals surface area contributed by atoms with E-state index in [1.165, 1.54) is 6.42 Å². The zero-order valence-corrected chi connectivity index (χ0v) is 19.2. The molecule has 7 nitrogen and oxygen atoms in total. The van der Waals surface area contributed by atoms with Crippen molar-refractivity contribution in [2.75, 3.05) is 6.54 Å². The van der Waals surface area contributed by atoms with Crippen LogP contribution in [-0.2, 0) is 21.3 Å². The van der Waals surface area contributed by atoms with Crippen molar-refractivity contribution in [1.82, 2.24) is 15.4 Å². The molecular weight excluding hydrogens is 491 g/mol. The molecule has 0 aromatic heterocycles. The molecule has 0 amide bonds. The molecule has 4 rings (SSSR count). The van der Waals surface area contributed by atoms with Crippen LogP contribution in [0.5, 0.6) is 0 Å². The van der Waals surface area contributed by atoms with Crippen molar-refractivity contribution in [1.29, 1.82) is 0 Å². The lowest BCUT2D eigenvalue weighted by atomic mass is 9.96. The summed E-state index contributed by atoms with van der Waals surface area (Å²) in [5, 5.41) is 6.77. The lowest BCUT2D eigenvalue weighted by molar-refractivity contribution is 0.0992. The molecule has 3 fully saturated rings. The molecule has 3 aliphatic rings. The molecule has 3 N–H and O–H groups in total. The standard InChI is InChI=1S/C19H28N4O3S.HI/c1-2-20-19(22-17-11-15-7-10-18(17)26-15)21-12-13-3-8-16(9-4-13)27(24,25)23-14-5-6-14;/h3-4,8-9,14-15,17-18,23H,2,5-7,10-12H2,1H3,(H2,20,21,22);1H. The highest BCUT2D eigenvalue weighted by Crippen LogP contribution is 2.34. The molecule has 3 atom stereocenters. The van der Waals surface area contributed by atoms with E-state index in [-0.39, 0.29) is 30.0 Å². The van der Waals surface area contributed by atoms with E-state index in [0.29, 0.717) is 29.7 Å². The van der Waals surface area contributed by atoms with Crippen molar-refractivity contribution < 1.29 is 13.2 Å². The largest absolute Gasteiger partial charge is 0.373 e. The van der Waals surface area contributed by atoms with Gasteiger partial charge in [0.25, 0.3) is 0 Å². The van der Waals surface area contributed by atoms with Crippen LogP contribution in [0.25, 0.3) is 0 Å². The maximum Gasteiger partial charge on any atom is 0.240 e. The summed E-state index contributed by atoms with van der Waals surface area (Å²) in [4.78, 5) is 4.97. The predicted octanol–water partition coefficient (Wildman–Crippen LogP) is 2.12. The Balaban J connectivity index is 0.00000225. The molecule has 2 aliphatic heterocycles. The number of aliphatic imine (C=N–C) groups is 1. The summed E-state index contributed by atoms with van der Waals surface area (Å²) in [5.74, 6) is 0.783. The molecule has 0 spiro atoms. The van der Waals surface area contributed by atoms with Gasteiger partial charge in [0.1, 0.15) is 0 Å². The molecule has 156 valence electrons. The van der Waals surface area contributed by atoms with Crippen molar-refractivity contribution in [3.63, 3.8) is 0 Å². The second-order valence-corrected chi connectivity index (χ2v) is 9.31. The van der Waals surface area contributed by atoms with Crippen LogP contribution in [-0.4, -0.2) is 45.2 Å². The first-order valence-electron chi connectivity index (χ1n) is 9.85. The van der Waals surface area contributed by atoms with Crippen LogP contribution in [0.3, 0.4) is 0 Å². The van der Waals surface area contributed by atoms with Gasteiger partial charge in [0, 0.05) is 12.6 Å². The number of halogens is 1. The Labute approximate surface area is 184 Å². The summed E-state index contributed by atoms with van der Waals surface area (Å²) >= 11 is 0. The normalized spacial score (nSPS) is 26.8. The summed E-state index contributed by atoms with van der Waals surface area (Å²) in [6, 6.07) is 7.40. The maximum absolute atomic E-state index is 12.2. The van der Waals surface area contributed by atoms with Crippen molar-refractivity contribution in [2.24, 2.45) is 4.99 Å². The third-order valence-electron chi connectivity index (χ3n) is 5.32. The van der Waals surface area contributed by atoms with E-state index in [0.717, 1.165) is 43.8 Å². The summed E-state index contributed by atoms with van der Waals surface area (Å²) in [5.41, 5.74) is 0.974. The van der Waals surface area contributed by atoms with Crippen molar-refractivity contribution in [2.45, 2.75) is 74.8 Å². The van der Waals surface area contributed by atoms with E-state index >= 15 is 0 Å². The number of nitrogens with zero attached hydrogens (tertiary/aromatic N) is 1. The zero-order valence-electron chi connectivity index (χ0n) is 16.1. The molecule has 0 radical (unpaired) electrons. The number of hydrogen-bond donors (Lipinski definition) is 3. The van der Waals surface area contributed by atoms with Gasteiger partial charge in [-0.3, -0.25) is 0 Å². The van der Waals surface area contributed by atoms with Crippen LogP contribution in [0.1, 0.15) is 44.6 Å². The molecule has 2 heterocycles. The lowest BCUT2D eigenvalue weighted by Gasteiger charge is -2.22. The second kappa shape index (κ2) is 9.27. The van der Waals surface area contributed by atoms with E-state index < -0.39 is 10.0 Å². The van der Waals surface area contributed by atoms with Crippen LogP contribution < -0.4 is 15.4 Å². The summed E-state index contributed by atoms with van der Waals surface area (Å²) < 4.78 is 33.1. The number of benzene rings is 1. The van der Waals surface area contributed by atoms with Gasteiger partial charge in [-0.25, -0.2) is 18.1 Å². The molecule has 1 saturated carbocycles. The van der Waals surface area contributed by atoms with Gasteiger partial charge in [-0.05, 0) is 56.7 Å². The predicted molar refractivity (Wildman–Crippen MR) is 119 cm³/mol. The molecule has 9 heteroatoms. The molecule has 1 aromatic carbocycles. The minimum absolute atomic E-state index is 0. The van der Waals surface area contributed by atoms with Crippen LogP contribution in [0.2, 0.25) is 0 Å². The monoisotopic (exact) mass is 520 g/mol. The highest BCUT2D eigenvalue weighted by molar-refractivity contribution is 14.0. The van der Waals surface area contributed by atoms with Crippen molar-refractivity contribution >= 4 is 40.0 Å². The van der Waals surface area contributed by atoms with Crippen molar-refractivity contribution in [3.8, 4) is 0 Å². The minimum Gasteiger partial charge on any atom is -0.373 e. The molecule has 28 heavy (non-hydrogen) atoms. The first kappa shape index (κ1) is 21.8. The first-order chi connectivity index (χ1) is 13.0. The van der Waals surface area contributed by atoms with Gasteiger partial charge in [-0.1, -0.05) is 12.1 Å². The highest BCUT2D eigenvalue weighted by atomic mass is 127. The number of guanidine groups is 1. The summed E-state index contributed by atoms with van der Waals surface area (Å²) in [7, 11) is -3.40.